The lowest BCUT2D eigenvalue weighted by Crippen LogP contribution is -1.94. The van der Waals surface area contributed by atoms with Crippen LogP contribution in [0.1, 0.15) is 5.56 Å². The predicted molar refractivity (Wildman–Crippen MR) is 45.5 cm³/mol. The van der Waals surface area contributed by atoms with Crippen LogP contribution in [0.2, 0.25) is 0 Å². The van der Waals surface area contributed by atoms with Crippen molar-refractivity contribution in [3.8, 4) is 0 Å². The first-order valence-electron chi connectivity index (χ1n) is 3.16. The van der Waals surface area contributed by atoms with Crippen molar-refractivity contribution in [2.24, 2.45) is 15.4 Å². The van der Waals surface area contributed by atoms with E-state index in [1.807, 2.05) is 6.07 Å². The maximum atomic E-state index is 3.96. The Hall–Kier alpha value is -1.30. The van der Waals surface area contributed by atoms with Gasteiger partial charge in [0.15, 0.2) is 0 Å². The highest BCUT2D eigenvalue weighted by atomic mass is 79.9. The van der Waals surface area contributed by atoms with Gasteiger partial charge in [0.25, 0.3) is 0 Å². The molecule has 0 atom stereocenters. The second kappa shape index (κ2) is 2.98. The number of aromatic nitrogens is 1. The minimum absolute atomic E-state index is 0.490. The summed E-state index contributed by atoms with van der Waals surface area (Å²) in [6.07, 6.45) is 3.34. The summed E-state index contributed by atoms with van der Waals surface area (Å²) in [5, 5.41) is 10.8. The van der Waals surface area contributed by atoms with Crippen molar-refractivity contribution in [2.45, 2.75) is 0 Å². The summed E-state index contributed by atoms with van der Waals surface area (Å²) in [7, 11) is 0. The third kappa shape index (κ3) is 1.33. The Labute approximate surface area is 76.7 Å². The van der Waals surface area contributed by atoms with Gasteiger partial charge in [-0.25, -0.2) is 0 Å². The SMILES string of the molecule is Brc1cncc(C2=N[N]N=N2)c1. The minimum Gasteiger partial charge on any atom is -0.263 e. The Morgan fingerprint density at radius 1 is 1.25 bits per heavy atom. The monoisotopic (exact) mass is 224 g/mol. The molecule has 12 heavy (non-hydrogen) atoms. The molecule has 1 aromatic rings. The van der Waals surface area contributed by atoms with Crippen molar-refractivity contribution < 1.29 is 0 Å². The second-order valence-corrected chi connectivity index (χ2v) is 3.01. The van der Waals surface area contributed by atoms with Crippen LogP contribution in [0.4, 0.5) is 0 Å². The highest BCUT2D eigenvalue weighted by Crippen LogP contribution is 2.12. The fourth-order valence-corrected chi connectivity index (χ4v) is 1.16. The molecule has 5 nitrogen and oxygen atoms in total. The lowest BCUT2D eigenvalue weighted by molar-refractivity contribution is 0.780. The number of hydrogen-bond acceptors (Lipinski definition) is 4. The zero-order valence-corrected chi connectivity index (χ0v) is 7.43. The van der Waals surface area contributed by atoms with E-state index < -0.39 is 0 Å². The number of amidine groups is 1. The molecule has 0 spiro atoms. The molecule has 0 saturated heterocycles. The van der Waals surface area contributed by atoms with Crippen LogP contribution in [0.3, 0.4) is 0 Å². The zero-order chi connectivity index (χ0) is 8.39. The maximum Gasteiger partial charge on any atom is 0.208 e. The molecule has 0 aliphatic carbocycles. The summed E-state index contributed by atoms with van der Waals surface area (Å²) in [6.45, 7) is 0. The molecule has 0 aromatic carbocycles. The molecule has 1 aliphatic heterocycles. The quantitative estimate of drug-likeness (QED) is 0.713. The van der Waals surface area contributed by atoms with Gasteiger partial charge in [-0.3, -0.25) is 4.98 Å². The van der Waals surface area contributed by atoms with Gasteiger partial charge in [-0.1, -0.05) is 0 Å². The summed E-state index contributed by atoms with van der Waals surface area (Å²) in [5.41, 5.74) is 4.17. The van der Waals surface area contributed by atoms with Gasteiger partial charge in [-0.05, 0) is 32.8 Å². The number of rotatable bonds is 1. The second-order valence-electron chi connectivity index (χ2n) is 2.09. The maximum absolute atomic E-state index is 3.96. The smallest absolute Gasteiger partial charge is 0.208 e. The third-order valence-electron chi connectivity index (χ3n) is 1.28. The first kappa shape index (κ1) is 7.35. The molecule has 0 N–H and O–H groups in total. The van der Waals surface area contributed by atoms with Crippen LogP contribution < -0.4 is 5.53 Å². The van der Waals surface area contributed by atoms with Crippen molar-refractivity contribution in [2.75, 3.05) is 0 Å². The molecular weight excluding hydrogens is 222 g/mol. The Balaban J connectivity index is 2.40. The Morgan fingerprint density at radius 2 is 2.17 bits per heavy atom. The molecule has 1 radical (unpaired) electrons. The Kier molecular flexibility index (Phi) is 1.83. The molecular formula is C6H3BrN5. The Bertz CT molecular complexity index is 359. The summed E-state index contributed by atoms with van der Waals surface area (Å²) in [5.74, 6) is 0.490. The van der Waals surface area contributed by atoms with Crippen LogP contribution in [-0.2, 0) is 0 Å². The fourth-order valence-electron chi connectivity index (χ4n) is 0.794. The van der Waals surface area contributed by atoms with Crippen molar-refractivity contribution in [1.29, 1.82) is 0 Å². The number of hydrogen-bond donors (Lipinski definition) is 0. The molecule has 0 fully saturated rings. The van der Waals surface area contributed by atoms with Crippen LogP contribution >= 0.6 is 15.9 Å². The predicted octanol–water partition coefficient (Wildman–Crippen LogP) is 1.49. The average Bonchev–Trinajstić information content (AvgIpc) is 2.56. The van der Waals surface area contributed by atoms with Gasteiger partial charge in [0.1, 0.15) is 0 Å². The van der Waals surface area contributed by atoms with E-state index in [9.17, 15) is 0 Å². The molecule has 0 saturated carbocycles. The minimum atomic E-state index is 0.490. The molecule has 59 valence electrons. The first-order chi connectivity index (χ1) is 5.86. The zero-order valence-electron chi connectivity index (χ0n) is 5.85. The summed E-state index contributed by atoms with van der Waals surface area (Å²) in [4.78, 5) is 3.96. The van der Waals surface area contributed by atoms with Gasteiger partial charge >= 0.3 is 0 Å². The Morgan fingerprint density at radius 3 is 2.83 bits per heavy atom. The van der Waals surface area contributed by atoms with Gasteiger partial charge in [0.05, 0.1) is 0 Å². The van der Waals surface area contributed by atoms with E-state index in [1.165, 1.54) is 0 Å². The van der Waals surface area contributed by atoms with E-state index in [0.717, 1.165) is 10.0 Å². The first-order valence-corrected chi connectivity index (χ1v) is 3.95. The van der Waals surface area contributed by atoms with Crippen LogP contribution in [0, 0.1) is 0 Å². The van der Waals surface area contributed by atoms with Crippen molar-refractivity contribution in [3.63, 3.8) is 0 Å². The molecule has 0 bridgehead atoms. The van der Waals surface area contributed by atoms with Gasteiger partial charge in [-0.15, -0.1) is 10.2 Å². The number of pyridine rings is 1. The lowest BCUT2D eigenvalue weighted by Gasteiger charge is -1.93. The number of nitrogens with zero attached hydrogens (tertiary/aromatic N) is 5. The van der Waals surface area contributed by atoms with E-state index in [0.29, 0.717) is 5.84 Å². The van der Waals surface area contributed by atoms with Crippen LogP contribution in [0.5, 0.6) is 0 Å². The van der Waals surface area contributed by atoms with Gasteiger partial charge in [-0.2, -0.15) is 0 Å². The number of halogens is 1. The van der Waals surface area contributed by atoms with Crippen molar-refractivity contribution in [1.82, 2.24) is 10.5 Å². The molecule has 2 heterocycles. The fraction of sp³-hybridized carbons (Fsp3) is 0. The molecule has 6 heteroatoms. The molecule has 0 amide bonds. The van der Waals surface area contributed by atoms with E-state index in [4.69, 9.17) is 0 Å². The summed E-state index contributed by atoms with van der Waals surface area (Å²) in [6, 6.07) is 1.85. The molecule has 1 aliphatic rings. The summed E-state index contributed by atoms with van der Waals surface area (Å²) >= 11 is 3.29. The standard InChI is InChI=1S/C6H3BrN5/c7-5-1-4(2-8-3-5)6-9-11-12-10-6/h1-3H. The van der Waals surface area contributed by atoms with Gasteiger partial charge < -0.3 is 0 Å². The summed E-state index contributed by atoms with van der Waals surface area (Å²) < 4.78 is 0.879. The largest absolute Gasteiger partial charge is 0.263 e. The van der Waals surface area contributed by atoms with Crippen molar-refractivity contribution >= 4 is 21.8 Å². The van der Waals surface area contributed by atoms with Gasteiger partial charge in [0, 0.05) is 22.4 Å². The van der Waals surface area contributed by atoms with E-state index in [-0.39, 0.29) is 0 Å². The molecule has 0 unspecified atom stereocenters. The normalized spacial score (nSPS) is 14.2. The lowest BCUT2D eigenvalue weighted by atomic mass is 10.3. The van der Waals surface area contributed by atoms with Crippen LogP contribution in [0.25, 0.3) is 0 Å². The van der Waals surface area contributed by atoms with Gasteiger partial charge in [0.2, 0.25) is 5.84 Å². The van der Waals surface area contributed by atoms with E-state index >= 15 is 0 Å². The molecule has 1 aromatic heterocycles. The van der Waals surface area contributed by atoms with Crippen LogP contribution in [0.15, 0.2) is 38.4 Å². The molecule has 2 rings (SSSR count). The van der Waals surface area contributed by atoms with Crippen LogP contribution in [-0.4, -0.2) is 10.8 Å². The van der Waals surface area contributed by atoms with Crippen molar-refractivity contribution in [3.05, 3.63) is 28.5 Å². The highest BCUT2D eigenvalue weighted by molar-refractivity contribution is 9.10. The van der Waals surface area contributed by atoms with E-state index in [1.54, 1.807) is 12.4 Å². The van der Waals surface area contributed by atoms with E-state index in [2.05, 4.69) is 41.9 Å². The average molecular weight is 225 g/mol. The highest BCUT2D eigenvalue weighted by Gasteiger charge is 2.07. The third-order valence-corrected chi connectivity index (χ3v) is 1.72. The topological polar surface area (TPSA) is 64.1 Å².